The highest BCUT2D eigenvalue weighted by Gasteiger charge is 2.27. The van der Waals surface area contributed by atoms with Crippen molar-refractivity contribution in [2.75, 3.05) is 58.4 Å². The van der Waals surface area contributed by atoms with Gasteiger partial charge >= 0.3 is 0 Å². The second-order valence-electron chi connectivity index (χ2n) is 6.42. The van der Waals surface area contributed by atoms with Crippen LogP contribution in [0.5, 0.6) is 0 Å². The Balaban J connectivity index is 1.76. The largest absolute Gasteiger partial charge is 0.378 e. The van der Waals surface area contributed by atoms with Crippen molar-refractivity contribution < 1.29 is 9.53 Å². The van der Waals surface area contributed by atoms with Gasteiger partial charge in [-0.05, 0) is 45.1 Å². The van der Waals surface area contributed by atoms with Crippen molar-refractivity contribution in [3.8, 4) is 0 Å². The summed E-state index contributed by atoms with van der Waals surface area (Å²) >= 11 is 0. The molecule has 2 aliphatic heterocycles. The third-order valence-electron chi connectivity index (χ3n) is 4.88. The first-order valence-electron chi connectivity index (χ1n) is 8.40. The van der Waals surface area contributed by atoms with Crippen LogP contribution in [-0.2, 0) is 4.74 Å². The van der Waals surface area contributed by atoms with E-state index in [1.165, 1.54) is 0 Å². The van der Waals surface area contributed by atoms with Gasteiger partial charge in [-0.1, -0.05) is 0 Å². The van der Waals surface area contributed by atoms with Crippen LogP contribution in [0.4, 0.5) is 5.82 Å². The third-order valence-corrected chi connectivity index (χ3v) is 4.88. The molecule has 2 saturated heterocycles. The number of morpholine rings is 1. The standard InChI is InChI=1S/C17H26N4O2/c1-19-8-5-14(6-9-19)20(2)17(22)15-4-3-7-18-16(15)21-10-12-23-13-11-21/h3-4,7,14H,5-6,8-13H2,1-2H3. The molecule has 0 saturated carbocycles. The van der Waals surface area contributed by atoms with Crippen LogP contribution >= 0.6 is 0 Å². The summed E-state index contributed by atoms with van der Waals surface area (Å²) in [7, 11) is 4.06. The number of piperidine rings is 1. The minimum absolute atomic E-state index is 0.0779. The van der Waals surface area contributed by atoms with E-state index in [4.69, 9.17) is 4.74 Å². The van der Waals surface area contributed by atoms with E-state index in [0.29, 0.717) is 24.8 Å². The molecule has 0 N–H and O–H groups in total. The Morgan fingerprint density at radius 1 is 1.26 bits per heavy atom. The number of hydrogen-bond acceptors (Lipinski definition) is 5. The van der Waals surface area contributed by atoms with Crippen LogP contribution in [0.2, 0.25) is 0 Å². The van der Waals surface area contributed by atoms with E-state index in [1.807, 2.05) is 24.1 Å². The SMILES string of the molecule is CN1CCC(N(C)C(=O)c2cccnc2N2CCOCC2)CC1. The summed E-state index contributed by atoms with van der Waals surface area (Å²) in [4.78, 5) is 23.9. The van der Waals surface area contributed by atoms with Gasteiger partial charge in [-0.15, -0.1) is 0 Å². The number of amides is 1. The molecule has 1 amide bonds. The first-order chi connectivity index (χ1) is 11.2. The minimum atomic E-state index is 0.0779. The summed E-state index contributed by atoms with van der Waals surface area (Å²) < 4.78 is 5.40. The van der Waals surface area contributed by atoms with Crippen LogP contribution in [-0.4, -0.2) is 80.2 Å². The zero-order chi connectivity index (χ0) is 16.2. The van der Waals surface area contributed by atoms with Crippen molar-refractivity contribution in [1.82, 2.24) is 14.8 Å². The number of carbonyl (C=O) groups excluding carboxylic acids is 1. The van der Waals surface area contributed by atoms with Gasteiger partial charge in [0.25, 0.3) is 5.91 Å². The number of anilines is 1. The number of hydrogen-bond donors (Lipinski definition) is 0. The van der Waals surface area contributed by atoms with E-state index in [2.05, 4.69) is 21.8 Å². The molecule has 23 heavy (non-hydrogen) atoms. The number of rotatable bonds is 3. The molecular weight excluding hydrogens is 292 g/mol. The molecule has 2 aliphatic rings. The Kier molecular flexibility index (Phi) is 5.13. The first kappa shape index (κ1) is 16.2. The maximum Gasteiger partial charge on any atom is 0.257 e. The number of likely N-dealkylation sites (tertiary alicyclic amines) is 1. The average Bonchev–Trinajstić information content (AvgIpc) is 2.62. The summed E-state index contributed by atoms with van der Waals surface area (Å²) in [6.07, 6.45) is 3.83. The van der Waals surface area contributed by atoms with Crippen molar-refractivity contribution in [2.24, 2.45) is 0 Å². The van der Waals surface area contributed by atoms with Crippen molar-refractivity contribution in [1.29, 1.82) is 0 Å². The predicted octanol–water partition coefficient (Wildman–Crippen LogP) is 1.08. The quantitative estimate of drug-likeness (QED) is 0.835. The summed E-state index contributed by atoms with van der Waals surface area (Å²) in [6.45, 7) is 5.05. The van der Waals surface area contributed by atoms with Gasteiger partial charge in [0.2, 0.25) is 0 Å². The number of pyridine rings is 1. The maximum absolute atomic E-state index is 13.0. The van der Waals surface area contributed by atoms with Crippen molar-refractivity contribution in [2.45, 2.75) is 18.9 Å². The van der Waals surface area contributed by atoms with Crippen LogP contribution in [0.1, 0.15) is 23.2 Å². The highest BCUT2D eigenvalue weighted by Crippen LogP contribution is 2.23. The highest BCUT2D eigenvalue weighted by atomic mass is 16.5. The molecule has 0 aromatic carbocycles. The molecule has 3 heterocycles. The van der Waals surface area contributed by atoms with Gasteiger partial charge in [0.05, 0.1) is 18.8 Å². The highest BCUT2D eigenvalue weighted by molar-refractivity contribution is 5.99. The molecule has 0 aliphatic carbocycles. The Labute approximate surface area is 138 Å². The van der Waals surface area contributed by atoms with Crippen molar-refractivity contribution >= 4 is 11.7 Å². The Bertz CT molecular complexity index is 537. The molecular formula is C17H26N4O2. The normalized spacial score (nSPS) is 20.5. The van der Waals surface area contributed by atoms with E-state index in [0.717, 1.165) is 44.8 Å². The number of ether oxygens (including phenoxy) is 1. The Hall–Kier alpha value is -1.66. The fourth-order valence-corrected chi connectivity index (χ4v) is 3.33. The molecule has 0 bridgehead atoms. The van der Waals surface area contributed by atoms with E-state index in [1.54, 1.807) is 6.20 Å². The summed E-state index contributed by atoms with van der Waals surface area (Å²) in [6, 6.07) is 4.06. The van der Waals surface area contributed by atoms with Crippen LogP contribution in [0.15, 0.2) is 18.3 Å². The second-order valence-corrected chi connectivity index (χ2v) is 6.42. The molecule has 6 nitrogen and oxygen atoms in total. The average molecular weight is 318 g/mol. The van der Waals surface area contributed by atoms with E-state index in [9.17, 15) is 4.79 Å². The fraction of sp³-hybridized carbons (Fsp3) is 0.647. The smallest absolute Gasteiger partial charge is 0.257 e. The van der Waals surface area contributed by atoms with E-state index >= 15 is 0 Å². The van der Waals surface area contributed by atoms with Crippen LogP contribution in [0.3, 0.4) is 0 Å². The van der Waals surface area contributed by atoms with Crippen LogP contribution in [0.25, 0.3) is 0 Å². The third kappa shape index (κ3) is 3.64. The first-order valence-corrected chi connectivity index (χ1v) is 8.40. The lowest BCUT2D eigenvalue weighted by molar-refractivity contribution is 0.0658. The van der Waals surface area contributed by atoms with E-state index in [-0.39, 0.29) is 5.91 Å². The number of aromatic nitrogens is 1. The molecule has 1 aromatic heterocycles. The number of carbonyl (C=O) groups is 1. The molecule has 1 aromatic rings. The zero-order valence-electron chi connectivity index (χ0n) is 14.1. The molecule has 0 radical (unpaired) electrons. The molecule has 0 unspecified atom stereocenters. The van der Waals surface area contributed by atoms with Gasteiger partial charge in [0.15, 0.2) is 0 Å². The minimum Gasteiger partial charge on any atom is -0.378 e. The summed E-state index contributed by atoms with van der Waals surface area (Å²) in [5, 5.41) is 0. The maximum atomic E-state index is 13.0. The zero-order valence-corrected chi connectivity index (χ0v) is 14.1. The Morgan fingerprint density at radius 2 is 1.96 bits per heavy atom. The van der Waals surface area contributed by atoms with Gasteiger partial charge in [-0.3, -0.25) is 4.79 Å². The molecule has 0 spiro atoms. The monoisotopic (exact) mass is 318 g/mol. The second kappa shape index (κ2) is 7.27. The lowest BCUT2D eigenvalue weighted by Crippen LogP contribution is -2.45. The lowest BCUT2D eigenvalue weighted by Gasteiger charge is -2.36. The Morgan fingerprint density at radius 3 is 2.65 bits per heavy atom. The molecule has 0 atom stereocenters. The van der Waals surface area contributed by atoms with E-state index < -0.39 is 0 Å². The van der Waals surface area contributed by atoms with Gasteiger partial charge in [-0.25, -0.2) is 4.98 Å². The van der Waals surface area contributed by atoms with Crippen LogP contribution in [0, 0.1) is 0 Å². The molecule has 6 heteroatoms. The van der Waals surface area contributed by atoms with Gasteiger partial charge in [0.1, 0.15) is 5.82 Å². The summed E-state index contributed by atoms with van der Waals surface area (Å²) in [5.41, 5.74) is 0.704. The summed E-state index contributed by atoms with van der Waals surface area (Å²) in [5.74, 6) is 0.870. The van der Waals surface area contributed by atoms with Crippen molar-refractivity contribution in [3.05, 3.63) is 23.9 Å². The van der Waals surface area contributed by atoms with Gasteiger partial charge in [-0.2, -0.15) is 0 Å². The van der Waals surface area contributed by atoms with Gasteiger partial charge in [0, 0.05) is 32.4 Å². The molecule has 126 valence electrons. The fourth-order valence-electron chi connectivity index (χ4n) is 3.33. The molecule has 3 rings (SSSR count). The molecule has 2 fully saturated rings. The van der Waals surface area contributed by atoms with Crippen LogP contribution < -0.4 is 4.90 Å². The lowest BCUT2D eigenvalue weighted by atomic mass is 10.0. The topological polar surface area (TPSA) is 48.9 Å². The van der Waals surface area contributed by atoms with Gasteiger partial charge < -0.3 is 19.4 Å². The van der Waals surface area contributed by atoms with Crippen molar-refractivity contribution in [3.63, 3.8) is 0 Å². The predicted molar refractivity (Wildman–Crippen MR) is 89.9 cm³/mol. The number of nitrogens with zero attached hydrogens (tertiary/aromatic N) is 4.